The highest BCUT2D eigenvalue weighted by Crippen LogP contribution is 2.18. The lowest BCUT2D eigenvalue weighted by molar-refractivity contribution is -0.00409. The Morgan fingerprint density at radius 2 is 2.12 bits per heavy atom. The Morgan fingerprint density at radius 3 is 2.75 bits per heavy atom. The van der Waals surface area contributed by atoms with E-state index in [4.69, 9.17) is 19.9 Å². The van der Waals surface area contributed by atoms with Gasteiger partial charge in [0.25, 0.3) is 0 Å². The number of hydrogen-bond donors (Lipinski definition) is 1. The molecule has 16 heavy (non-hydrogen) atoms. The summed E-state index contributed by atoms with van der Waals surface area (Å²) >= 11 is 1.65. The van der Waals surface area contributed by atoms with Crippen LogP contribution in [0.15, 0.2) is 16.8 Å². The summed E-state index contributed by atoms with van der Waals surface area (Å²) < 4.78 is 15.8. The highest BCUT2D eigenvalue weighted by Gasteiger charge is 2.09. The average molecular weight is 245 g/mol. The summed E-state index contributed by atoms with van der Waals surface area (Å²) in [5, 5.41) is 4.08. The number of rotatable bonds is 9. The third-order valence-electron chi connectivity index (χ3n) is 2.11. The molecule has 0 radical (unpaired) electrons. The molecule has 1 rings (SSSR count). The molecule has 1 aromatic rings. The van der Waals surface area contributed by atoms with Crippen molar-refractivity contribution in [3.63, 3.8) is 0 Å². The van der Waals surface area contributed by atoms with Crippen molar-refractivity contribution in [2.45, 2.75) is 6.10 Å². The summed E-state index contributed by atoms with van der Waals surface area (Å²) in [4.78, 5) is 0. The van der Waals surface area contributed by atoms with E-state index in [-0.39, 0.29) is 6.10 Å². The van der Waals surface area contributed by atoms with Gasteiger partial charge in [-0.05, 0) is 22.4 Å². The molecule has 1 atom stereocenters. The Kier molecular flexibility index (Phi) is 7.37. The molecule has 0 spiro atoms. The van der Waals surface area contributed by atoms with Crippen molar-refractivity contribution in [2.75, 3.05) is 40.1 Å². The second-order valence-corrected chi connectivity index (χ2v) is 4.04. The van der Waals surface area contributed by atoms with Crippen LogP contribution in [0, 0.1) is 0 Å². The molecule has 0 fully saturated rings. The predicted molar refractivity (Wildman–Crippen MR) is 64.8 cm³/mol. The van der Waals surface area contributed by atoms with Gasteiger partial charge in [0, 0.05) is 13.7 Å². The summed E-state index contributed by atoms with van der Waals surface area (Å²) in [7, 11) is 1.65. The summed E-state index contributed by atoms with van der Waals surface area (Å²) in [6.07, 6.45) is -0.0164. The van der Waals surface area contributed by atoms with E-state index in [9.17, 15) is 0 Å². The largest absolute Gasteiger partial charge is 0.382 e. The molecule has 1 unspecified atom stereocenters. The Labute approximate surface area is 100 Å². The quantitative estimate of drug-likeness (QED) is 0.669. The molecule has 0 amide bonds. The van der Waals surface area contributed by atoms with Crippen LogP contribution in [-0.4, -0.2) is 40.1 Å². The second kappa shape index (κ2) is 8.66. The minimum absolute atomic E-state index is 0.0164. The molecular weight excluding hydrogens is 226 g/mol. The molecule has 2 N–H and O–H groups in total. The van der Waals surface area contributed by atoms with Crippen molar-refractivity contribution >= 4 is 11.3 Å². The smallest absolute Gasteiger partial charge is 0.0956 e. The summed E-state index contributed by atoms with van der Waals surface area (Å²) in [5.74, 6) is 0. The van der Waals surface area contributed by atoms with Crippen LogP contribution in [0.1, 0.15) is 11.7 Å². The zero-order valence-electron chi connectivity index (χ0n) is 9.56. The molecule has 1 aromatic heterocycles. The van der Waals surface area contributed by atoms with Crippen LogP contribution in [0.2, 0.25) is 0 Å². The maximum Gasteiger partial charge on any atom is 0.0956 e. The maximum absolute atomic E-state index is 5.65. The summed E-state index contributed by atoms with van der Waals surface area (Å²) in [6.45, 7) is 2.84. The van der Waals surface area contributed by atoms with E-state index in [1.165, 1.54) is 0 Å². The van der Waals surface area contributed by atoms with Crippen LogP contribution >= 0.6 is 11.3 Å². The van der Waals surface area contributed by atoms with Gasteiger partial charge in [-0.1, -0.05) is 0 Å². The molecule has 92 valence electrons. The van der Waals surface area contributed by atoms with Crippen molar-refractivity contribution in [1.82, 2.24) is 0 Å². The van der Waals surface area contributed by atoms with Crippen LogP contribution in [0.5, 0.6) is 0 Å². The first-order chi connectivity index (χ1) is 7.88. The topological polar surface area (TPSA) is 53.7 Å². The SMILES string of the molecule is COCCOCCOC(CN)c1ccsc1. The molecule has 0 aliphatic carbocycles. The van der Waals surface area contributed by atoms with Gasteiger partial charge < -0.3 is 19.9 Å². The van der Waals surface area contributed by atoms with Gasteiger partial charge in [0.15, 0.2) is 0 Å². The van der Waals surface area contributed by atoms with E-state index in [2.05, 4.69) is 5.38 Å². The molecule has 0 aliphatic rings. The van der Waals surface area contributed by atoms with Crippen molar-refractivity contribution in [3.8, 4) is 0 Å². The number of methoxy groups -OCH3 is 1. The van der Waals surface area contributed by atoms with Gasteiger partial charge in [0.2, 0.25) is 0 Å². The number of thiophene rings is 1. The Morgan fingerprint density at radius 1 is 1.31 bits per heavy atom. The highest BCUT2D eigenvalue weighted by atomic mass is 32.1. The third-order valence-corrected chi connectivity index (χ3v) is 2.81. The highest BCUT2D eigenvalue weighted by molar-refractivity contribution is 7.07. The van der Waals surface area contributed by atoms with E-state index in [1.807, 2.05) is 11.4 Å². The van der Waals surface area contributed by atoms with Crippen molar-refractivity contribution in [3.05, 3.63) is 22.4 Å². The fraction of sp³-hybridized carbons (Fsp3) is 0.636. The minimum Gasteiger partial charge on any atom is -0.382 e. The van der Waals surface area contributed by atoms with Gasteiger partial charge in [-0.2, -0.15) is 11.3 Å². The van der Waals surface area contributed by atoms with E-state index in [0.29, 0.717) is 33.0 Å². The van der Waals surface area contributed by atoms with Gasteiger partial charge in [-0.25, -0.2) is 0 Å². The van der Waals surface area contributed by atoms with E-state index < -0.39 is 0 Å². The normalized spacial score (nSPS) is 12.9. The van der Waals surface area contributed by atoms with Gasteiger partial charge in [0.1, 0.15) is 0 Å². The molecule has 5 heteroatoms. The Hall–Kier alpha value is -0.460. The predicted octanol–water partition coefficient (Wildman–Crippen LogP) is 1.43. The molecular formula is C11H19NO3S. The maximum atomic E-state index is 5.65. The zero-order valence-corrected chi connectivity index (χ0v) is 10.4. The van der Waals surface area contributed by atoms with Crippen molar-refractivity contribution < 1.29 is 14.2 Å². The number of ether oxygens (including phenoxy) is 3. The van der Waals surface area contributed by atoms with Crippen LogP contribution in [0.25, 0.3) is 0 Å². The minimum atomic E-state index is -0.0164. The number of hydrogen-bond acceptors (Lipinski definition) is 5. The summed E-state index contributed by atoms with van der Waals surface area (Å²) in [6, 6.07) is 2.04. The fourth-order valence-corrected chi connectivity index (χ4v) is 1.95. The third kappa shape index (κ3) is 5.05. The Balaban J connectivity index is 2.11. The first kappa shape index (κ1) is 13.6. The molecule has 0 bridgehead atoms. The van der Waals surface area contributed by atoms with Gasteiger partial charge in [-0.3, -0.25) is 0 Å². The van der Waals surface area contributed by atoms with E-state index in [0.717, 1.165) is 5.56 Å². The standard InChI is InChI=1S/C11H19NO3S/c1-13-3-4-14-5-6-15-11(8-12)10-2-7-16-9-10/h2,7,9,11H,3-6,8,12H2,1H3. The zero-order chi connectivity index (χ0) is 11.6. The van der Waals surface area contributed by atoms with Crippen molar-refractivity contribution in [1.29, 1.82) is 0 Å². The van der Waals surface area contributed by atoms with E-state index >= 15 is 0 Å². The molecule has 0 saturated heterocycles. The van der Waals surface area contributed by atoms with Crippen molar-refractivity contribution in [2.24, 2.45) is 5.73 Å². The molecule has 1 heterocycles. The molecule has 0 saturated carbocycles. The van der Waals surface area contributed by atoms with Crippen LogP contribution in [-0.2, 0) is 14.2 Å². The van der Waals surface area contributed by atoms with E-state index in [1.54, 1.807) is 18.4 Å². The average Bonchev–Trinajstić information content (AvgIpc) is 2.82. The fourth-order valence-electron chi connectivity index (χ4n) is 1.25. The monoisotopic (exact) mass is 245 g/mol. The van der Waals surface area contributed by atoms with Crippen LogP contribution < -0.4 is 5.73 Å². The van der Waals surface area contributed by atoms with Crippen LogP contribution in [0.4, 0.5) is 0 Å². The molecule has 0 aliphatic heterocycles. The Bertz CT molecular complexity index is 254. The summed E-state index contributed by atoms with van der Waals surface area (Å²) in [5.41, 5.74) is 6.79. The van der Waals surface area contributed by atoms with Gasteiger partial charge >= 0.3 is 0 Å². The van der Waals surface area contributed by atoms with Gasteiger partial charge in [-0.15, -0.1) is 0 Å². The lowest BCUT2D eigenvalue weighted by Gasteiger charge is -2.14. The lowest BCUT2D eigenvalue weighted by atomic mass is 10.2. The van der Waals surface area contributed by atoms with Gasteiger partial charge in [0.05, 0.1) is 32.5 Å². The molecule has 0 aromatic carbocycles. The number of nitrogens with two attached hydrogens (primary N) is 1. The lowest BCUT2D eigenvalue weighted by Crippen LogP contribution is -2.18. The first-order valence-corrected chi connectivity index (χ1v) is 6.23. The first-order valence-electron chi connectivity index (χ1n) is 5.29. The second-order valence-electron chi connectivity index (χ2n) is 3.26. The molecule has 4 nitrogen and oxygen atoms in total. The van der Waals surface area contributed by atoms with Crippen LogP contribution in [0.3, 0.4) is 0 Å².